The van der Waals surface area contributed by atoms with E-state index in [1.54, 1.807) is 31.1 Å². The molecular weight excluding hydrogens is 392 g/mol. The number of carbonyl (C=O) groups excluding carboxylic acids is 1. The van der Waals surface area contributed by atoms with Crippen molar-refractivity contribution in [1.82, 2.24) is 9.62 Å². The standard InChI is InChI=1S/C21H26N2O5S/c1-15(16-6-8-17(27-2)9-7-16)22-29(25,26)18-10-11-20(28-3)19(14-18)21(24)23-12-4-5-13-23/h6-11,14-15,22H,4-5,12-13H2,1-3H3/t15-/m1/s1. The highest BCUT2D eigenvalue weighted by molar-refractivity contribution is 7.89. The van der Waals surface area contributed by atoms with Crippen LogP contribution >= 0.6 is 0 Å². The molecular formula is C21H26N2O5S. The highest BCUT2D eigenvalue weighted by Gasteiger charge is 2.26. The van der Waals surface area contributed by atoms with Crippen molar-refractivity contribution in [3.05, 3.63) is 53.6 Å². The Kier molecular flexibility index (Phi) is 6.44. The second kappa shape index (κ2) is 8.84. The average molecular weight is 419 g/mol. The molecule has 0 unspecified atom stereocenters. The van der Waals surface area contributed by atoms with Crippen LogP contribution in [0.15, 0.2) is 47.4 Å². The zero-order chi connectivity index (χ0) is 21.0. The molecule has 156 valence electrons. The Morgan fingerprint density at radius 3 is 2.28 bits per heavy atom. The lowest BCUT2D eigenvalue weighted by Gasteiger charge is -2.19. The number of hydrogen-bond acceptors (Lipinski definition) is 5. The Balaban J connectivity index is 1.85. The first-order chi connectivity index (χ1) is 13.9. The molecule has 0 spiro atoms. The summed E-state index contributed by atoms with van der Waals surface area (Å²) >= 11 is 0. The molecule has 0 aromatic heterocycles. The Morgan fingerprint density at radius 2 is 1.69 bits per heavy atom. The lowest BCUT2D eigenvalue weighted by atomic mass is 10.1. The zero-order valence-corrected chi connectivity index (χ0v) is 17.7. The van der Waals surface area contributed by atoms with Gasteiger partial charge in [0.15, 0.2) is 0 Å². The molecule has 2 aromatic carbocycles. The first kappa shape index (κ1) is 21.1. The maximum absolute atomic E-state index is 12.9. The molecule has 1 atom stereocenters. The van der Waals surface area contributed by atoms with Crippen molar-refractivity contribution in [2.45, 2.75) is 30.7 Å². The van der Waals surface area contributed by atoms with Crippen molar-refractivity contribution in [3.8, 4) is 11.5 Å². The van der Waals surface area contributed by atoms with Crippen LogP contribution in [0, 0.1) is 0 Å². The van der Waals surface area contributed by atoms with Gasteiger partial charge < -0.3 is 14.4 Å². The summed E-state index contributed by atoms with van der Waals surface area (Å²) in [6.45, 7) is 3.11. The van der Waals surface area contributed by atoms with Gasteiger partial charge in [-0.2, -0.15) is 0 Å². The van der Waals surface area contributed by atoms with Crippen molar-refractivity contribution in [3.63, 3.8) is 0 Å². The first-order valence-corrected chi connectivity index (χ1v) is 11.0. The molecule has 3 rings (SSSR count). The number of amides is 1. The van der Waals surface area contributed by atoms with E-state index < -0.39 is 16.1 Å². The van der Waals surface area contributed by atoms with Gasteiger partial charge in [-0.3, -0.25) is 4.79 Å². The summed E-state index contributed by atoms with van der Waals surface area (Å²) < 4.78 is 39.0. The molecule has 1 aliphatic rings. The summed E-state index contributed by atoms with van der Waals surface area (Å²) in [5.41, 5.74) is 1.06. The van der Waals surface area contributed by atoms with Gasteiger partial charge in [-0.05, 0) is 55.7 Å². The molecule has 1 fully saturated rings. The van der Waals surface area contributed by atoms with Crippen molar-refractivity contribution >= 4 is 15.9 Å². The summed E-state index contributed by atoms with van der Waals surface area (Å²) in [5.74, 6) is 0.854. The molecule has 8 heteroatoms. The molecule has 1 saturated heterocycles. The van der Waals surface area contributed by atoms with Gasteiger partial charge in [0.1, 0.15) is 11.5 Å². The second-order valence-electron chi connectivity index (χ2n) is 6.98. The molecule has 1 N–H and O–H groups in total. The topological polar surface area (TPSA) is 84.9 Å². The number of methoxy groups -OCH3 is 2. The number of likely N-dealkylation sites (tertiary alicyclic amines) is 1. The minimum atomic E-state index is -3.84. The van der Waals surface area contributed by atoms with Crippen LogP contribution in [0.4, 0.5) is 0 Å². The number of nitrogens with one attached hydrogen (secondary N) is 1. The minimum absolute atomic E-state index is 0.0289. The van der Waals surface area contributed by atoms with Gasteiger partial charge in [0.25, 0.3) is 5.91 Å². The van der Waals surface area contributed by atoms with Crippen molar-refractivity contribution < 1.29 is 22.7 Å². The fourth-order valence-electron chi connectivity index (χ4n) is 3.37. The quantitative estimate of drug-likeness (QED) is 0.747. The third-order valence-corrected chi connectivity index (χ3v) is 6.59. The van der Waals surface area contributed by atoms with E-state index in [2.05, 4.69) is 4.72 Å². The summed E-state index contributed by atoms with van der Waals surface area (Å²) in [7, 11) is -0.794. The van der Waals surface area contributed by atoms with E-state index in [-0.39, 0.29) is 16.4 Å². The number of nitrogens with zero attached hydrogens (tertiary/aromatic N) is 1. The molecule has 0 radical (unpaired) electrons. The summed E-state index contributed by atoms with van der Waals surface area (Å²) in [4.78, 5) is 14.6. The van der Waals surface area contributed by atoms with E-state index in [0.717, 1.165) is 18.4 Å². The van der Waals surface area contributed by atoms with Crippen LogP contribution in [0.3, 0.4) is 0 Å². The summed E-state index contributed by atoms with van der Waals surface area (Å²) in [5, 5.41) is 0. The fourth-order valence-corrected chi connectivity index (χ4v) is 4.63. The number of hydrogen-bond donors (Lipinski definition) is 1. The van der Waals surface area contributed by atoms with Gasteiger partial charge in [0, 0.05) is 19.1 Å². The van der Waals surface area contributed by atoms with Gasteiger partial charge >= 0.3 is 0 Å². The predicted octanol–water partition coefficient (Wildman–Crippen LogP) is 2.98. The Labute approximate surface area is 171 Å². The van der Waals surface area contributed by atoms with Gasteiger partial charge in [0.2, 0.25) is 10.0 Å². The maximum atomic E-state index is 12.9. The van der Waals surface area contributed by atoms with Crippen molar-refractivity contribution in [1.29, 1.82) is 0 Å². The zero-order valence-electron chi connectivity index (χ0n) is 16.8. The SMILES string of the molecule is COc1ccc([C@@H](C)NS(=O)(=O)c2ccc(OC)c(C(=O)N3CCCC3)c2)cc1. The Hall–Kier alpha value is -2.58. The van der Waals surface area contributed by atoms with E-state index in [0.29, 0.717) is 24.6 Å². The van der Waals surface area contributed by atoms with Crippen molar-refractivity contribution in [2.75, 3.05) is 27.3 Å². The van der Waals surface area contributed by atoms with Crippen LogP contribution in [-0.4, -0.2) is 46.5 Å². The highest BCUT2D eigenvalue weighted by Crippen LogP contribution is 2.26. The van der Waals surface area contributed by atoms with Crippen LogP contribution in [0.5, 0.6) is 11.5 Å². The van der Waals surface area contributed by atoms with Crippen LogP contribution < -0.4 is 14.2 Å². The lowest BCUT2D eigenvalue weighted by Crippen LogP contribution is -2.29. The predicted molar refractivity (Wildman–Crippen MR) is 110 cm³/mol. The molecule has 0 saturated carbocycles. The number of carbonyl (C=O) groups is 1. The maximum Gasteiger partial charge on any atom is 0.257 e. The van der Waals surface area contributed by atoms with Crippen LogP contribution in [0.1, 0.15) is 41.7 Å². The van der Waals surface area contributed by atoms with E-state index in [1.807, 2.05) is 12.1 Å². The minimum Gasteiger partial charge on any atom is -0.497 e. The van der Waals surface area contributed by atoms with Gasteiger partial charge in [0.05, 0.1) is 24.7 Å². The largest absolute Gasteiger partial charge is 0.497 e. The molecule has 0 bridgehead atoms. The van der Waals surface area contributed by atoms with E-state index >= 15 is 0 Å². The highest BCUT2D eigenvalue weighted by atomic mass is 32.2. The average Bonchev–Trinajstić information content (AvgIpc) is 3.27. The van der Waals surface area contributed by atoms with Crippen molar-refractivity contribution in [2.24, 2.45) is 0 Å². The lowest BCUT2D eigenvalue weighted by molar-refractivity contribution is 0.0789. The van der Waals surface area contributed by atoms with Gasteiger partial charge in [-0.15, -0.1) is 0 Å². The molecule has 1 amide bonds. The molecule has 1 aliphatic heterocycles. The smallest absolute Gasteiger partial charge is 0.257 e. The Morgan fingerprint density at radius 1 is 1.03 bits per heavy atom. The van der Waals surface area contributed by atoms with Gasteiger partial charge in [-0.25, -0.2) is 13.1 Å². The summed E-state index contributed by atoms with van der Waals surface area (Å²) in [6.07, 6.45) is 1.90. The van der Waals surface area contributed by atoms with Crippen LogP contribution in [0.2, 0.25) is 0 Å². The normalized spacial score (nSPS) is 15.2. The molecule has 2 aromatic rings. The number of benzene rings is 2. The van der Waals surface area contributed by atoms with E-state index in [9.17, 15) is 13.2 Å². The summed E-state index contributed by atoms with van der Waals surface area (Å²) in [6, 6.07) is 11.1. The third kappa shape index (κ3) is 4.71. The fraction of sp³-hybridized carbons (Fsp3) is 0.381. The third-order valence-electron chi connectivity index (χ3n) is 5.05. The molecule has 7 nitrogen and oxygen atoms in total. The van der Waals surface area contributed by atoms with Crippen LogP contribution in [0.25, 0.3) is 0 Å². The first-order valence-electron chi connectivity index (χ1n) is 9.49. The number of rotatable bonds is 7. The Bertz CT molecular complexity index is 967. The molecule has 1 heterocycles. The number of ether oxygens (including phenoxy) is 2. The monoisotopic (exact) mass is 418 g/mol. The van der Waals surface area contributed by atoms with E-state index in [4.69, 9.17) is 9.47 Å². The van der Waals surface area contributed by atoms with E-state index in [1.165, 1.54) is 25.3 Å². The van der Waals surface area contributed by atoms with Gasteiger partial charge in [-0.1, -0.05) is 12.1 Å². The number of sulfonamides is 1. The van der Waals surface area contributed by atoms with Crippen LogP contribution in [-0.2, 0) is 10.0 Å². The molecule has 29 heavy (non-hydrogen) atoms. The molecule has 0 aliphatic carbocycles. The second-order valence-corrected chi connectivity index (χ2v) is 8.69.